The van der Waals surface area contributed by atoms with Gasteiger partial charge in [-0.3, -0.25) is 9.78 Å². The first-order valence-electron chi connectivity index (χ1n) is 6.75. The van der Waals surface area contributed by atoms with Crippen LogP contribution in [0.25, 0.3) is 10.9 Å². The molecule has 0 atom stereocenters. The van der Waals surface area contributed by atoms with Gasteiger partial charge in [-0.15, -0.1) is 0 Å². The van der Waals surface area contributed by atoms with Gasteiger partial charge in [0.05, 0.1) is 11.2 Å². The van der Waals surface area contributed by atoms with Crippen molar-refractivity contribution in [2.45, 2.75) is 0 Å². The van der Waals surface area contributed by atoms with Crippen LogP contribution in [-0.2, 0) is 4.79 Å². The number of carbonyl (C=O) groups excluding carboxylic acids is 1. The number of nitrogens with zero attached hydrogens (tertiary/aromatic N) is 1. The van der Waals surface area contributed by atoms with Crippen molar-refractivity contribution in [2.75, 3.05) is 11.9 Å². The van der Waals surface area contributed by atoms with Gasteiger partial charge in [-0.05, 0) is 24.3 Å². The molecule has 0 fully saturated rings. The molecule has 0 spiro atoms. The first-order chi connectivity index (χ1) is 10.7. The molecule has 5 heteroatoms. The number of fused-ring (bicyclic) bond motifs is 1. The molecule has 0 unspecified atom stereocenters. The number of benzene rings is 2. The summed E-state index contributed by atoms with van der Waals surface area (Å²) in [5, 5.41) is 3.65. The molecule has 3 aromatic rings. The van der Waals surface area contributed by atoms with Gasteiger partial charge < -0.3 is 10.1 Å². The monoisotopic (exact) mass is 296 g/mol. The number of anilines is 1. The average Bonchev–Trinajstić information content (AvgIpc) is 2.54. The van der Waals surface area contributed by atoms with Crippen molar-refractivity contribution in [2.24, 2.45) is 0 Å². The molecule has 110 valence electrons. The van der Waals surface area contributed by atoms with E-state index in [1.807, 2.05) is 24.3 Å². The smallest absolute Gasteiger partial charge is 0.262 e. The van der Waals surface area contributed by atoms with Crippen LogP contribution < -0.4 is 10.1 Å². The SMILES string of the molecule is O=C(COc1ccccc1F)Nc1cccc2cccnc12. The summed E-state index contributed by atoms with van der Waals surface area (Å²) in [7, 11) is 0. The Bertz CT molecular complexity index is 815. The number of amides is 1. The Labute approximate surface area is 126 Å². The lowest BCUT2D eigenvalue weighted by molar-refractivity contribution is -0.118. The fourth-order valence-electron chi connectivity index (χ4n) is 2.10. The standard InChI is InChI=1S/C17H13FN2O2/c18-13-7-1-2-9-15(13)22-11-16(21)20-14-8-3-5-12-6-4-10-19-17(12)14/h1-10H,11H2,(H,20,21). The zero-order valence-corrected chi connectivity index (χ0v) is 11.6. The molecular weight excluding hydrogens is 283 g/mol. The largest absolute Gasteiger partial charge is 0.481 e. The van der Waals surface area contributed by atoms with Crippen LogP contribution in [0.3, 0.4) is 0 Å². The Kier molecular flexibility index (Phi) is 3.96. The van der Waals surface area contributed by atoms with Gasteiger partial charge in [0.25, 0.3) is 5.91 Å². The Hall–Kier alpha value is -2.95. The molecule has 0 saturated carbocycles. The molecular formula is C17H13FN2O2. The molecule has 2 aromatic carbocycles. The Morgan fingerprint density at radius 1 is 1.09 bits per heavy atom. The normalized spacial score (nSPS) is 10.4. The molecule has 1 heterocycles. The molecule has 0 aliphatic rings. The second-order valence-corrected chi connectivity index (χ2v) is 4.65. The molecule has 0 bridgehead atoms. The van der Waals surface area contributed by atoms with E-state index in [1.165, 1.54) is 12.1 Å². The summed E-state index contributed by atoms with van der Waals surface area (Å²) in [5.74, 6) is -0.822. The van der Waals surface area contributed by atoms with Crippen molar-refractivity contribution >= 4 is 22.5 Å². The van der Waals surface area contributed by atoms with Crippen molar-refractivity contribution in [1.29, 1.82) is 0 Å². The number of nitrogens with one attached hydrogen (secondary N) is 1. The van der Waals surface area contributed by atoms with Gasteiger partial charge in [0.15, 0.2) is 18.2 Å². The Balaban J connectivity index is 1.70. The highest BCUT2D eigenvalue weighted by Crippen LogP contribution is 2.20. The fraction of sp³-hybridized carbons (Fsp3) is 0.0588. The number of halogens is 1. The molecule has 3 rings (SSSR count). The topological polar surface area (TPSA) is 51.2 Å². The maximum atomic E-state index is 13.4. The molecule has 0 aliphatic carbocycles. The van der Waals surface area contributed by atoms with Crippen molar-refractivity contribution < 1.29 is 13.9 Å². The quantitative estimate of drug-likeness (QED) is 0.803. The van der Waals surface area contributed by atoms with Crippen LogP contribution in [0.1, 0.15) is 0 Å². The zero-order chi connectivity index (χ0) is 15.4. The molecule has 1 amide bonds. The van der Waals surface area contributed by atoms with E-state index in [1.54, 1.807) is 24.4 Å². The first-order valence-corrected chi connectivity index (χ1v) is 6.75. The minimum absolute atomic E-state index is 0.0497. The third-order valence-corrected chi connectivity index (χ3v) is 3.10. The lowest BCUT2D eigenvalue weighted by Crippen LogP contribution is -2.20. The predicted molar refractivity (Wildman–Crippen MR) is 82.3 cm³/mol. The van der Waals surface area contributed by atoms with E-state index in [0.29, 0.717) is 11.2 Å². The summed E-state index contributed by atoms with van der Waals surface area (Å²) in [6.07, 6.45) is 1.66. The number of hydrogen-bond acceptors (Lipinski definition) is 3. The molecule has 0 radical (unpaired) electrons. The van der Waals surface area contributed by atoms with Gasteiger partial charge >= 0.3 is 0 Å². The highest BCUT2D eigenvalue weighted by molar-refractivity contribution is 6.00. The number of hydrogen-bond donors (Lipinski definition) is 1. The maximum absolute atomic E-state index is 13.4. The predicted octanol–water partition coefficient (Wildman–Crippen LogP) is 3.39. The zero-order valence-electron chi connectivity index (χ0n) is 11.6. The van der Waals surface area contributed by atoms with Crippen molar-refractivity contribution in [3.8, 4) is 5.75 Å². The summed E-state index contributed by atoms with van der Waals surface area (Å²) in [6, 6.07) is 15.2. The van der Waals surface area contributed by atoms with Crippen LogP contribution in [0.15, 0.2) is 60.8 Å². The molecule has 0 aliphatic heterocycles. The van der Waals surface area contributed by atoms with Crippen LogP contribution in [0.2, 0.25) is 0 Å². The van der Waals surface area contributed by atoms with E-state index in [-0.39, 0.29) is 18.3 Å². The van der Waals surface area contributed by atoms with E-state index in [0.717, 1.165) is 5.39 Å². The van der Waals surface area contributed by atoms with Gasteiger partial charge in [0.2, 0.25) is 0 Å². The van der Waals surface area contributed by atoms with Crippen molar-refractivity contribution in [3.63, 3.8) is 0 Å². The van der Waals surface area contributed by atoms with Crippen LogP contribution in [-0.4, -0.2) is 17.5 Å². The summed E-state index contributed by atoms with van der Waals surface area (Å²) < 4.78 is 18.6. The van der Waals surface area contributed by atoms with E-state index >= 15 is 0 Å². The summed E-state index contributed by atoms with van der Waals surface area (Å²) in [6.45, 7) is -0.274. The van der Waals surface area contributed by atoms with E-state index in [4.69, 9.17) is 4.74 Å². The number of para-hydroxylation sites is 2. The molecule has 1 N–H and O–H groups in total. The van der Waals surface area contributed by atoms with E-state index in [9.17, 15) is 9.18 Å². The van der Waals surface area contributed by atoms with Gasteiger partial charge in [-0.25, -0.2) is 4.39 Å². The highest BCUT2D eigenvalue weighted by atomic mass is 19.1. The highest BCUT2D eigenvalue weighted by Gasteiger charge is 2.09. The first kappa shape index (κ1) is 14.0. The van der Waals surface area contributed by atoms with Gasteiger partial charge in [0.1, 0.15) is 0 Å². The average molecular weight is 296 g/mol. The van der Waals surface area contributed by atoms with E-state index in [2.05, 4.69) is 10.3 Å². The van der Waals surface area contributed by atoms with Crippen LogP contribution in [0.4, 0.5) is 10.1 Å². The van der Waals surface area contributed by atoms with Gasteiger partial charge in [0, 0.05) is 11.6 Å². The maximum Gasteiger partial charge on any atom is 0.262 e. The number of rotatable bonds is 4. The van der Waals surface area contributed by atoms with Gasteiger partial charge in [-0.1, -0.05) is 30.3 Å². The molecule has 4 nitrogen and oxygen atoms in total. The third kappa shape index (κ3) is 3.03. The lowest BCUT2D eigenvalue weighted by atomic mass is 10.2. The number of carbonyl (C=O) groups is 1. The summed E-state index contributed by atoms with van der Waals surface area (Å²) in [5.41, 5.74) is 1.30. The molecule has 0 saturated heterocycles. The van der Waals surface area contributed by atoms with Crippen LogP contribution in [0, 0.1) is 5.82 Å². The molecule has 1 aromatic heterocycles. The van der Waals surface area contributed by atoms with Crippen molar-refractivity contribution in [1.82, 2.24) is 4.98 Å². The lowest BCUT2D eigenvalue weighted by Gasteiger charge is -2.09. The Morgan fingerprint density at radius 2 is 1.91 bits per heavy atom. The summed E-state index contributed by atoms with van der Waals surface area (Å²) in [4.78, 5) is 16.2. The van der Waals surface area contributed by atoms with Crippen LogP contribution >= 0.6 is 0 Å². The second-order valence-electron chi connectivity index (χ2n) is 4.65. The third-order valence-electron chi connectivity index (χ3n) is 3.10. The molecule has 22 heavy (non-hydrogen) atoms. The Morgan fingerprint density at radius 3 is 2.77 bits per heavy atom. The van der Waals surface area contributed by atoms with E-state index < -0.39 is 5.82 Å². The minimum Gasteiger partial charge on any atom is -0.481 e. The van der Waals surface area contributed by atoms with Crippen LogP contribution in [0.5, 0.6) is 5.75 Å². The number of ether oxygens (including phenoxy) is 1. The number of aromatic nitrogens is 1. The minimum atomic E-state index is -0.498. The van der Waals surface area contributed by atoms with Crippen molar-refractivity contribution in [3.05, 3.63) is 66.6 Å². The second kappa shape index (κ2) is 6.22. The summed E-state index contributed by atoms with van der Waals surface area (Å²) >= 11 is 0. The van der Waals surface area contributed by atoms with Gasteiger partial charge in [-0.2, -0.15) is 0 Å². The fourth-order valence-corrected chi connectivity index (χ4v) is 2.10. The number of pyridine rings is 1.